The van der Waals surface area contributed by atoms with Gasteiger partial charge in [0.25, 0.3) is 0 Å². The quantitative estimate of drug-likeness (QED) is 0.650. The van der Waals surface area contributed by atoms with E-state index in [1.165, 1.54) is 24.8 Å². The Labute approximate surface area is 81.0 Å². The molecule has 1 atom stereocenters. The fraction of sp³-hybridized carbons (Fsp3) is 0.538. The molecule has 0 bridgehead atoms. The minimum atomic E-state index is 0.676. The maximum absolute atomic E-state index is 2.41. The summed E-state index contributed by atoms with van der Waals surface area (Å²) in [6.45, 7) is 4.76. The van der Waals surface area contributed by atoms with Crippen LogP contribution in [0, 0.1) is 5.41 Å². The molecule has 1 aliphatic carbocycles. The third-order valence-electron chi connectivity index (χ3n) is 3.27. The average molecular weight is 174 g/mol. The van der Waals surface area contributed by atoms with Gasteiger partial charge in [0.05, 0.1) is 0 Å². The molecule has 1 aliphatic rings. The van der Waals surface area contributed by atoms with Crippen molar-refractivity contribution in [2.24, 2.45) is 5.41 Å². The molecule has 0 heteroatoms. The minimum absolute atomic E-state index is 0.676. The van der Waals surface area contributed by atoms with Crippen molar-refractivity contribution in [2.45, 2.75) is 39.0 Å². The molecule has 13 heavy (non-hydrogen) atoms. The van der Waals surface area contributed by atoms with Crippen LogP contribution in [-0.2, 0) is 0 Å². The first-order valence-corrected chi connectivity index (χ1v) is 5.25. The highest BCUT2D eigenvalue weighted by molar-refractivity contribution is 5.19. The van der Waals surface area contributed by atoms with E-state index in [1.54, 1.807) is 0 Å². The molecule has 0 amide bonds. The van der Waals surface area contributed by atoms with Crippen molar-refractivity contribution in [1.29, 1.82) is 0 Å². The molecule has 0 radical (unpaired) electrons. The van der Waals surface area contributed by atoms with Crippen LogP contribution in [0.2, 0.25) is 0 Å². The summed E-state index contributed by atoms with van der Waals surface area (Å²) in [6, 6.07) is 10.9. The lowest BCUT2D eigenvalue weighted by atomic mass is 9.89. The van der Waals surface area contributed by atoms with Crippen molar-refractivity contribution in [3.63, 3.8) is 0 Å². The van der Waals surface area contributed by atoms with E-state index in [-0.39, 0.29) is 0 Å². The van der Waals surface area contributed by atoms with Gasteiger partial charge in [-0.15, -0.1) is 0 Å². The zero-order chi connectivity index (χ0) is 9.31. The fourth-order valence-corrected chi connectivity index (χ4v) is 2.06. The van der Waals surface area contributed by atoms with Crippen LogP contribution in [0.15, 0.2) is 30.3 Å². The van der Waals surface area contributed by atoms with E-state index >= 15 is 0 Å². The average Bonchev–Trinajstić information content (AvgIpc) is 2.85. The van der Waals surface area contributed by atoms with Crippen molar-refractivity contribution >= 4 is 0 Å². The van der Waals surface area contributed by atoms with Gasteiger partial charge in [-0.2, -0.15) is 0 Å². The summed E-state index contributed by atoms with van der Waals surface area (Å²) in [5.74, 6) is 0.730. The Morgan fingerprint density at radius 3 is 2.38 bits per heavy atom. The molecule has 0 nitrogen and oxygen atoms in total. The van der Waals surface area contributed by atoms with Crippen molar-refractivity contribution in [1.82, 2.24) is 0 Å². The van der Waals surface area contributed by atoms with E-state index in [1.807, 2.05) is 0 Å². The molecular weight excluding hydrogens is 156 g/mol. The van der Waals surface area contributed by atoms with Crippen LogP contribution in [0.4, 0.5) is 0 Å². The lowest BCUT2D eigenvalue weighted by Gasteiger charge is -2.16. The number of rotatable bonds is 3. The van der Waals surface area contributed by atoms with Crippen LogP contribution in [0.25, 0.3) is 0 Å². The first-order valence-electron chi connectivity index (χ1n) is 5.25. The van der Waals surface area contributed by atoms with Gasteiger partial charge in [0.1, 0.15) is 0 Å². The molecule has 1 aromatic rings. The largest absolute Gasteiger partial charge is 0.0622 e. The standard InChI is InChI=1S/C13H18/c1-11(10-13(2)8-9-13)12-6-4-3-5-7-12/h3-7,11H,8-10H2,1-2H3. The predicted molar refractivity (Wildman–Crippen MR) is 56.8 cm³/mol. The van der Waals surface area contributed by atoms with Gasteiger partial charge in [-0.3, -0.25) is 0 Å². The highest BCUT2D eigenvalue weighted by Crippen LogP contribution is 2.51. The first kappa shape index (κ1) is 8.80. The summed E-state index contributed by atoms with van der Waals surface area (Å²) < 4.78 is 0. The topological polar surface area (TPSA) is 0 Å². The molecule has 1 fully saturated rings. The van der Waals surface area contributed by atoms with E-state index in [9.17, 15) is 0 Å². The van der Waals surface area contributed by atoms with Gasteiger partial charge in [-0.1, -0.05) is 44.2 Å². The summed E-state index contributed by atoms with van der Waals surface area (Å²) >= 11 is 0. The van der Waals surface area contributed by atoms with E-state index in [0.717, 1.165) is 5.92 Å². The van der Waals surface area contributed by atoms with Gasteiger partial charge >= 0.3 is 0 Å². The van der Waals surface area contributed by atoms with Crippen LogP contribution in [0.1, 0.15) is 44.6 Å². The van der Waals surface area contributed by atoms with Gasteiger partial charge in [-0.05, 0) is 36.2 Å². The van der Waals surface area contributed by atoms with Crippen molar-refractivity contribution < 1.29 is 0 Å². The Morgan fingerprint density at radius 2 is 1.85 bits per heavy atom. The Bertz CT molecular complexity index is 269. The highest BCUT2D eigenvalue weighted by atomic mass is 14.4. The lowest BCUT2D eigenvalue weighted by Crippen LogP contribution is -2.01. The summed E-state index contributed by atoms with van der Waals surface area (Å²) in [7, 11) is 0. The number of benzene rings is 1. The van der Waals surface area contributed by atoms with Crippen LogP contribution in [-0.4, -0.2) is 0 Å². The zero-order valence-corrected chi connectivity index (χ0v) is 8.59. The van der Waals surface area contributed by atoms with E-state index in [4.69, 9.17) is 0 Å². The lowest BCUT2D eigenvalue weighted by molar-refractivity contribution is 0.467. The normalized spacial score (nSPS) is 21.1. The maximum Gasteiger partial charge on any atom is -0.0185 e. The van der Waals surface area contributed by atoms with Gasteiger partial charge in [0, 0.05) is 0 Å². The maximum atomic E-state index is 2.41. The molecule has 0 heterocycles. The van der Waals surface area contributed by atoms with Crippen LogP contribution in [0.3, 0.4) is 0 Å². The Morgan fingerprint density at radius 1 is 1.23 bits per heavy atom. The van der Waals surface area contributed by atoms with Crippen molar-refractivity contribution in [3.05, 3.63) is 35.9 Å². The SMILES string of the molecule is CC(CC1(C)CC1)c1ccccc1. The summed E-state index contributed by atoms with van der Waals surface area (Å²) in [5.41, 5.74) is 2.17. The second kappa shape index (κ2) is 3.17. The molecule has 1 unspecified atom stereocenters. The van der Waals surface area contributed by atoms with Crippen molar-refractivity contribution in [2.75, 3.05) is 0 Å². The van der Waals surface area contributed by atoms with Crippen LogP contribution in [0.5, 0.6) is 0 Å². The van der Waals surface area contributed by atoms with Gasteiger partial charge < -0.3 is 0 Å². The van der Waals surface area contributed by atoms with Crippen LogP contribution < -0.4 is 0 Å². The smallest absolute Gasteiger partial charge is 0.0185 e. The van der Waals surface area contributed by atoms with E-state index < -0.39 is 0 Å². The van der Waals surface area contributed by atoms with Crippen LogP contribution >= 0.6 is 0 Å². The molecule has 1 aromatic carbocycles. The third-order valence-corrected chi connectivity index (χ3v) is 3.27. The summed E-state index contributed by atoms with van der Waals surface area (Å²) in [5, 5.41) is 0. The Kier molecular flexibility index (Phi) is 2.15. The second-order valence-corrected chi connectivity index (χ2v) is 4.83. The molecule has 0 aromatic heterocycles. The minimum Gasteiger partial charge on any atom is -0.0622 e. The van der Waals surface area contributed by atoms with Gasteiger partial charge in [-0.25, -0.2) is 0 Å². The number of hydrogen-bond donors (Lipinski definition) is 0. The monoisotopic (exact) mass is 174 g/mol. The van der Waals surface area contributed by atoms with E-state index in [0.29, 0.717) is 5.41 Å². The number of hydrogen-bond acceptors (Lipinski definition) is 0. The molecule has 0 saturated heterocycles. The molecule has 0 spiro atoms. The fourth-order valence-electron chi connectivity index (χ4n) is 2.06. The molecule has 0 N–H and O–H groups in total. The zero-order valence-electron chi connectivity index (χ0n) is 8.59. The Hall–Kier alpha value is -0.780. The van der Waals surface area contributed by atoms with E-state index in [2.05, 4.69) is 44.2 Å². The summed E-state index contributed by atoms with van der Waals surface area (Å²) in [6.07, 6.45) is 4.23. The molecule has 0 aliphatic heterocycles. The molecular formula is C13H18. The first-order chi connectivity index (χ1) is 6.20. The molecule has 70 valence electrons. The highest BCUT2D eigenvalue weighted by Gasteiger charge is 2.38. The second-order valence-electron chi connectivity index (χ2n) is 4.83. The molecule has 2 rings (SSSR count). The summed E-state index contributed by atoms with van der Waals surface area (Å²) in [4.78, 5) is 0. The third kappa shape index (κ3) is 2.12. The van der Waals surface area contributed by atoms with Crippen molar-refractivity contribution in [3.8, 4) is 0 Å². The predicted octanol–water partition coefficient (Wildman–Crippen LogP) is 3.98. The van der Waals surface area contributed by atoms with Gasteiger partial charge in [0.2, 0.25) is 0 Å². The Balaban J connectivity index is 2.01. The molecule has 1 saturated carbocycles. The van der Waals surface area contributed by atoms with Gasteiger partial charge in [0.15, 0.2) is 0 Å².